The first-order valence-electron chi connectivity index (χ1n) is 8.31. The molecule has 2 fully saturated rings. The molecule has 1 saturated carbocycles. The van der Waals surface area contributed by atoms with Crippen LogP contribution >= 0.6 is 0 Å². The fraction of sp³-hybridized carbons (Fsp3) is 0.556. The average Bonchev–Trinajstić information content (AvgIpc) is 2.56. The van der Waals surface area contributed by atoms with Gasteiger partial charge in [0.25, 0.3) is 0 Å². The lowest BCUT2D eigenvalue weighted by Crippen LogP contribution is -3.14. The third kappa shape index (κ3) is 4.24. The second-order valence-electron chi connectivity index (χ2n) is 6.29. The van der Waals surface area contributed by atoms with E-state index in [9.17, 15) is 4.79 Å². The van der Waals surface area contributed by atoms with Crippen molar-refractivity contribution in [2.75, 3.05) is 39.4 Å². The molecule has 3 rings (SSSR count). The smallest absolute Gasteiger partial charge is 0.139 e. The largest absolute Gasteiger partial charge is 0.370 e. The van der Waals surface area contributed by atoms with Gasteiger partial charge in [-0.25, -0.2) is 0 Å². The lowest BCUT2D eigenvalue weighted by atomic mass is 9.82. The molecule has 1 aromatic rings. The Labute approximate surface area is 132 Å². The first-order chi connectivity index (χ1) is 10.8. The molecule has 0 aromatic heterocycles. The van der Waals surface area contributed by atoms with Crippen molar-refractivity contribution in [3.63, 3.8) is 0 Å². The maximum Gasteiger partial charge on any atom is 0.139 e. The van der Waals surface area contributed by atoms with Gasteiger partial charge in [0.1, 0.15) is 18.9 Å². The van der Waals surface area contributed by atoms with Crippen LogP contribution in [-0.2, 0) is 9.53 Å². The van der Waals surface area contributed by atoms with Crippen molar-refractivity contribution in [3.8, 4) is 0 Å². The molecule has 1 atom stereocenters. The summed E-state index contributed by atoms with van der Waals surface area (Å²) in [5.74, 6) is 0.648. The Kier molecular flexibility index (Phi) is 5.35. The third-order valence-corrected chi connectivity index (χ3v) is 4.63. The van der Waals surface area contributed by atoms with Crippen LogP contribution in [0.25, 0.3) is 0 Å². The average molecular weight is 301 g/mol. The van der Waals surface area contributed by atoms with Crippen LogP contribution in [-0.4, -0.2) is 50.9 Å². The monoisotopic (exact) mass is 301 g/mol. The zero-order chi connectivity index (χ0) is 15.2. The van der Waals surface area contributed by atoms with Crippen LogP contribution in [0.2, 0.25) is 0 Å². The molecule has 1 aromatic carbocycles. The molecule has 1 aliphatic heterocycles. The summed E-state index contributed by atoms with van der Waals surface area (Å²) < 4.78 is 5.37. The van der Waals surface area contributed by atoms with Gasteiger partial charge in [-0.3, -0.25) is 9.79 Å². The summed E-state index contributed by atoms with van der Waals surface area (Å²) in [4.78, 5) is 18.3. The van der Waals surface area contributed by atoms with Crippen molar-refractivity contribution < 1.29 is 14.4 Å². The number of Topliss-reactive ketones (excluding diaryl/α,β-unsaturated/α-hetero) is 1. The molecule has 1 heterocycles. The lowest BCUT2D eigenvalue weighted by molar-refractivity contribution is -0.906. The van der Waals surface area contributed by atoms with Gasteiger partial charge < -0.3 is 9.64 Å². The Morgan fingerprint density at radius 3 is 2.68 bits per heavy atom. The van der Waals surface area contributed by atoms with Crippen LogP contribution in [0.4, 0.5) is 0 Å². The van der Waals surface area contributed by atoms with E-state index >= 15 is 0 Å². The highest BCUT2D eigenvalue weighted by atomic mass is 16.5. The summed E-state index contributed by atoms with van der Waals surface area (Å²) in [7, 11) is 0. The topological polar surface area (TPSA) is 43.1 Å². The van der Waals surface area contributed by atoms with Gasteiger partial charge in [0.05, 0.1) is 26.3 Å². The van der Waals surface area contributed by atoms with Crippen LogP contribution in [0.3, 0.4) is 0 Å². The number of morpholine rings is 1. The van der Waals surface area contributed by atoms with E-state index in [1.54, 1.807) is 4.90 Å². The van der Waals surface area contributed by atoms with E-state index in [2.05, 4.69) is 12.1 Å². The van der Waals surface area contributed by atoms with E-state index in [1.807, 2.05) is 18.2 Å². The zero-order valence-electron chi connectivity index (χ0n) is 13.1. The number of ketones is 1. The van der Waals surface area contributed by atoms with Crippen LogP contribution in [0.5, 0.6) is 0 Å². The Bertz CT molecular complexity index is 521. The predicted octanol–water partition coefficient (Wildman–Crippen LogP) is 0.879. The molecule has 0 amide bonds. The summed E-state index contributed by atoms with van der Waals surface area (Å²) in [6, 6.07) is 10.4. The summed E-state index contributed by atoms with van der Waals surface area (Å²) in [6.45, 7) is 5.77. The number of rotatable bonds is 4. The lowest BCUT2D eigenvalue weighted by Gasteiger charge is -2.24. The van der Waals surface area contributed by atoms with Crippen LogP contribution < -0.4 is 4.90 Å². The van der Waals surface area contributed by atoms with E-state index < -0.39 is 0 Å². The molecule has 4 heteroatoms. The summed E-state index contributed by atoms with van der Waals surface area (Å²) in [5, 5.41) is 0. The van der Waals surface area contributed by atoms with Crippen LogP contribution in [0, 0.1) is 0 Å². The molecule has 0 unspecified atom stereocenters. The maximum absolute atomic E-state index is 12.0. The second-order valence-corrected chi connectivity index (χ2v) is 6.29. The molecule has 1 N–H and O–H groups in total. The number of carbonyl (C=O) groups excluding carboxylic acids is 1. The molecular formula is C18H25N2O2+. The number of ether oxygens (including phenoxy) is 1. The molecule has 118 valence electrons. The fourth-order valence-corrected chi connectivity index (χ4v) is 3.37. The van der Waals surface area contributed by atoms with E-state index in [-0.39, 0.29) is 0 Å². The molecule has 0 bridgehead atoms. The van der Waals surface area contributed by atoms with Gasteiger partial charge in [-0.2, -0.15) is 0 Å². The Morgan fingerprint density at radius 2 is 1.91 bits per heavy atom. The molecule has 2 aliphatic rings. The van der Waals surface area contributed by atoms with Crippen LogP contribution in [0.1, 0.15) is 30.7 Å². The van der Waals surface area contributed by atoms with E-state index in [0.717, 1.165) is 51.5 Å². The number of aliphatic imine (C=N–C) groups is 1. The molecule has 0 spiro atoms. The van der Waals surface area contributed by atoms with Crippen molar-refractivity contribution in [3.05, 3.63) is 35.9 Å². The number of nitrogens with zero attached hydrogens (tertiary/aromatic N) is 1. The van der Waals surface area contributed by atoms with Crippen molar-refractivity contribution in [1.29, 1.82) is 0 Å². The Balaban J connectivity index is 1.56. The number of nitrogens with one attached hydrogen (secondary N) is 1. The van der Waals surface area contributed by atoms with Gasteiger partial charge in [-0.1, -0.05) is 30.3 Å². The standard InChI is InChI=1S/C18H24N2O2/c21-18-13-16(15-4-2-1-3-5-15)12-17(14-18)19-6-7-20-8-10-22-11-9-20/h1-5,16H,6-14H2/p+1/t16-/m0/s1. The SMILES string of the molecule is O=C1CC(=NCC[NH+]2CCOCC2)C[C@H](c2ccccc2)C1. The fourth-order valence-electron chi connectivity index (χ4n) is 3.37. The van der Waals surface area contributed by atoms with Gasteiger partial charge in [-0.15, -0.1) is 0 Å². The van der Waals surface area contributed by atoms with Crippen molar-refractivity contribution in [2.45, 2.75) is 25.2 Å². The Hall–Kier alpha value is -1.52. The highest BCUT2D eigenvalue weighted by Gasteiger charge is 2.25. The number of quaternary nitrogens is 1. The summed E-state index contributed by atoms with van der Waals surface area (Å²) in [6.07, 6.45) is 2.16. The summed E-state index contributed by atoms with van der Waals surface area (Å²) in [5.41, 5.74) is 2.36. The third-order valence-electron chi connectivity index (χ3n) is 4.63. The number of carbonyl (C=O) groups is 1. The number of hydrogen-bond donors (Lipinski definition) is 1. The van der Waals surface area contributed by atoms with Crippen molar-refractivity contribution in [2.24, 2.45) is 4.99 Å². The first-order valence-corrected chi connectivity index (χ1v) is 8.31. The minimum atomic E-state index is 0.317. The normalized spacial score (nSPS) is 25.5. The van der Waals surface area contributed by atoms with Crippen molar-refractivity contribution in [1.82, 2.24) is 0 Å². The highest BCUT2D eigenvalue weighted by molar-refractivity contribution is 6.05. The van der Waals surface area contributed by atoms with E-state index in [0.29, 0.717) is 24.5 Å². The minimum absolute atomic E-state index is 0.317. The summed E-state index contributed by atoms with van der Waals surface area (Å²) >= 11 is 0. The first kappa shape index (κ1) is 15.4. The molecule has 1 saturated heterocycles. The van der Waals surface area contributed by atoms with E-state index in [1.165, 1.54) is 5.56 Å². The van der Waals surface area contributed by atoms with Gasteiger partial charge in [0.2, 0.25) is 0 Å². The zero-order valence-corrected chi connectivity index (χ0v) is 13.1. The van der Waals surface area contributed by atoms with Crippen molar-refractivity contribution >= 4 is 11.5 Å². The molecule has 0 radical (unpaired) electrons. The van der Waals surface area contributed by atoms with Gasteiger partial charge in [-0.05, 0) is 17.9 Å². The molecule has 4 nitrogen and oxygen atoms in total. The maximum atomic E-state index is 12.0. The van der Waals surface area contributed by atoms with Gasteiger partial charge in [0, 0.05) is 18.6 Å². The minimum Gasteiger partial charge on any atom is -0.370 e. The van der Waals surface area contributed by atoms with Gasteiger partial charge >= 0.3 is 0 Å². The van der Waals surface area contributed by atoms with E-state index in [4.69, 9.17) is 9.73 Å². The Morgan fingerprint density at radius 1 is 1.14 bits per heavy atom. The van der Waals surface area contributed by atoms with Gasteiger partial charge in [0.15, 0.2) is 0 Å². The predicted molar refractivity (Wildman–Crippen MR) is 86.7 cm³/mol. The number of hydrogen-bond acceptors (Lipinski definition) is 3. The molecule has 1 aliphatic carbocycles. The second kappa shape index (κ2) is 7.65. The molecule has 22 heavy (non-hydrogen) atoms. The number of benzene rings is 1. The van der Waals surface area contributed by atoms with Crippen LogP contribution in [0.15, 0.2) is 35.3 Å². The molecular weight excluding hydrogens is 276 g/mol. The quantitative estimate of drug-likeness (QED) is 0.897. The highest BCUT2D eigenvalue weighted by Crippen LogP contribution is 2.29.